The van der Waals surface area contributed by atoms with Crippen molar-refractivity contribution in [2.75, 3.05) is 6.61 Å². The second-order valence-electron chi connectivity index (χ2n) is 3.58. The van der Waals surface area contributed by atoms with E-state index in [-0.39, 0.29) is 18.7 Å². The molecule has 19 heavy (non-hydrogen) atoms. The number of hydrogen-bond acceptors (Lipinski definition) is 6. The summed E-state index contributed by atoms with van der Waals surface area (Å²) >= 11 is 0.795. The summed E-state index contributed by atoms with van der Waals surface area (Å²) in [4.78, 5) is 21.8. The van der Waals surface area contributed by atoms with Crippen LogP contribution in [0, 0.1) is 20.8 Å². The molecule has 1 aromatic carbocycles. The Morgan fingerprint density at radius 1 is 1.63 bits per heavy atom. The number of thioether (sulfide) groups is 1. The van der Waals surface area contributed by atoms with Crippen molar-refractivity contribution in [2.45, 2.75) is 18.6 Å². The third-order valence-electron chi connectivity index (χ3n) is 2.29. The smallest absolute Gasteiger partial charge is 0.320 e. The predicted octanol–water partition coefficient (Wildman–Crippen LogP) is 2.28. The number of rotatable bonds is 6. The van der Waals surface area contributed by atoms with Crippen LogP contribution in [0.3, 0.4) is 0 Å². The molecule has 0 aliphatic carbocycles. The van der Waals surface area contributed by atoms with Crippen molar-refractivity contribution < 1.29 is 14.5 Å². The predicted molar refractivity (Wildman–Crippen MR) is 70.4 cm³/mol. The van der Waals surface area contributed by atoms with E-state index < -0.39 is 16.1 Å². The van der Waals surface area contributed by atoms with Gasteiger partial charge in [-0.1, -0.05) is 12.1 Å². The fraction of sp³-hybridized carbons (Fsp3) is 0.333. The van der Waals surface area contributed by atoms with Crippen LogP contribution < -0.4 is 0 Å². The average Bonchev–Trinajstić information content (AvgIpc) is 2.39. The average molecular weight is 280 g/mol. The van der Waals surface area contributed by atoms with Crippen LogP contribution >= 0.6 is 11.8 Å². The summed E-state index contributed by atoms with van der Waals surface area (Å²) in [6, 6.07) is 5.99. The van der Waals surface area contributed by atoms with Gasteiger partial charge in [-0.15, -0.1) is 0 Å². The van der Waals surface area contributed by atoms with Gasteiger partial charge in [0.2, 0.25) is 0 Å². The molecule has 0 amide bonds. The lowest BCUT2D eigenvalue weighted by Gasteiger charge is -2.11. The molecule has 0 fully saturated rings. The highest BCUT2D eigenvalue weighted by atomic mass is 32.2. The molecule has 0 bridgehead atoms. The maximum Gasteiger partial charge on any atom is 0.320 e. The van der Waals surface area contributed by atoms with Gasteiger partial charge in [0.05, 0.1) is 11.5 Å². The Bertz CT molecular complexity index is 513. The summed E-state index contributed by atoms with van der Waals surface area (Å²) in [6.45, 7) is 1.91. The van der Waals surface area contributed by atoms with E-state index in [9.17, 15) is 14.9 Å². The SMILES string of the molecule is CCOC(=O)C(Cc1cccc([N+](=O)[O-])c1)SC#N. The van der Waals surface area contributed by atoms with Crippen LogP contribution in [-0.2, 0) is 16.0 Å². The highest BCUT2D eigenvalue weighted by Gasteiger charge is 2.22. The van der Waals surface area contributed by atoms with Gasteiger partial charge in [-0.25, -0.2) is 0 Å². The number of benzene rings is 1. The number of carbonyl (C=O) groups is 1. The Balaban J connectivity index is 2.84. The molecule has 6 nitrogen and oxygen atoms in total. The molecule has 0 saturated carbocycles. The van der Waals surface area contributed by atoms with Gasteiger partial charge in [-0.05, 0) is 30.7 Å². The molecule has 0 aromatic heterocycles. The first kappa shape index (κ1) is 15.0. The van der Waals surface area contributed by atoms with Crippen LogP contribution in [0.4, 0.5) is 5.69 Å². The monoisotopic (exact) mass is 280 g/mol. The Hall–Kier alpha value is -2.07. The fourth-order valence-corrected chi connectivity index (χ4v) is 2.05. The maximum absolute atomic E-state index is 11.6. The number of nitro benzene ring substituents is 1. The number of non-ortho nitro benzene ring substituents is 1. The second kappa shape index (κ2) is 7.38. The number of esters is 1. The Morgan fingerprint density at radius 3 is 2.95 bits per heavy atom. The van der Waals surface area contributed by atoms with Crippen LogP contribution in [0.5, 0.6) is 0 Å². The van der Waals surface area contributed by atoms with Crippen LogP contribution in [-0.4, -0.2) is 22.7 Å². The number of hydrogen-bond donors (Lipinski definition) is 0. The first-order valence-corrected chi connectivity index (χ1v) is 6.41. The van der Waals surface area contributed by atoms with Gasteiger partial charge in [0, 0.05) is 12.1 Å². The summed E-state index contributed by atoms with van der Waals surface area (Å²) in [5, 5.41) is 20.5. The lowest BCUT2D eigenvalue weighted by Crippen LogP contribution is -2.22. The van der Waals surface area contributed by atoms with Crippen molar-refractivity contribution >= 4 is 23.4 Å². The highest BCUT2D eigenvalue weighted by Crippen LogP contribution is 2.20. The third kappa shape index (κ3) is 4.60. The molecule has 7 heteroatoms. The molecule has 1 atom stereocenters. The minimum Gasteiger partial charge on any atom is -0.465 e. The van der Waals surface area contributed by atoms with Crippen LogP contribution in [0.25, 0.3) is 0 Å². The number of thiocyanates is 1. The van der Waals surface area contributed by atoms with Gasteiger partial charge >= 0.3 is 5.97 Å². The first-order valence-electron chi connectivity index (χ1n) is 5.53. The van der Waals surface area contributed by atoms with E-state index in [1.54, 1.807) is 19.1 Å². The van der Waals surface area contributed by atoms with Gasteiger partial charge in [0.15, 0.2) is 0 Å². The number of nitro groups is 1. The molecule has 0 aliphatic heterocycles. The minimum absolute atomic E-state index is 0.0398. The molecule has 0 heterocycles. The van der Waals surface area contributed by atoms with Crippen molar-refractivity contribution in [2.24, 2.45) is 0 Å². The topological polar surface area (TPSA) is 93.2 Å². The maximum atomic E-state index is 11.6. The van der Waals surface area contributed by atoms with Crippen molar-refractivity contribution in [1.29, 1.82) is 5.26 Å². The molecule has 1 unspecified atom stereocenters. The molecule has 0 spiro atoms. The van der Waals surface area contributed by atoms with Crippen molar-refractivity contribution in [3.05, 3.63) is 39.9 Å². The summed E-state index contributed by atoms with van der Waals surface area (Å²) in [5.41, 5.74) is 0.581. The molecular formula is C12H12N2O4S. The zero-order valence-electron chi connectivity index (χ0n) is 10.2. The quantitative estimate of drug-likeness (QED) is 0.343. The largest absolute Gasteiger partial charge is 0.465 e. The van der Waals surface area contributed by atoms with Crippen LogP contribution in [0.15, 0.2) is 24.3 Å². The summed E-state index contributed by atoms with van der Waals surface area (Å²) < 4.78 is 4.86. The summed E-state index contributed by atoms with van der Waals surface area (Å²) in [6.07, 6.45) is 0.221. The van der Waals surface area contributed by atoms with Gasteiger partial charge < -0.3 is 4.74 Å². The van der Waals surface area contributed by atoms with Gasteiger partial charge in [0.25, 0.3) is 5.69 Å². The lowest BCUT2D eigenvalue weighted by molar-refractivity contribution is -0.384. The third-order valence-corrected chi connectivity index (χ3v) is 3.04. The summed E-state index contributed by atoms with van der Waals surface area (Å²) in [5.74, 6) is -0.486. The molecular weight excluding hydrogens is 268 g/mol. The van der Waals surface area contributed by atoms with Crippen molar-refractivity contribution in [1.82, 2.24) is 0 Å². The standard InChI is InChI=1S/C12H12N2O4S/c1-2-18-12(15)11(19-8-13)7-9-4-3-5-10(6-9)14(16)17/h3-6,11H,2,7H2,1H3. The van der Waals surface area contributed by atoms with E-state index in [4.69, 9.17) is 10.00 Å². The number of carbonyl (C=O) groups excluding carboxylic acids is 1. The van der Waals surface area contributed by atoms with Crippen LogP contribution in [0.2, 0.25) is 0 Å². The molecule has 1 aromatic rings. The Labute approximate surface area is 114 Å². The van der Waals surface area contributed by atoms with Gasteiger partial charge in [-0.2, -0.15) is 5.26 Å². The Morgan fingerprint density at radius 2 is 2.37 bits per heavy atom. The number of nitrogens with zero attached hydrogens (tertiary/aromatic N) is 2. The molecule has 1 rings (SSSR count). The van der Waals surface area contributed by atoms with E-state index >= 15 is 0 Å². The van der Waals surface area contributed by atoms with Gasteiger partial charge in [0.1, 0.15) is 10.7 Å². The molecule has 0 radical (unpaired) electrons. The normalized spacial score (nSPS) is 11.4. The molecule has 0 saturated heterocycles. The van der Waals surface area contributed by atoms with Crippen LogP contribution in [0.1, 0.15) is 12.5 Å². The zero-order chi connectivity index (χ0) is 14.3. The highest BCUT2D eigenvalue weighted by molar-refractivity contribution is 8.04. The van der Waals surface area contributed by atoms with E-state index in [0.717, 1.165) is 11.8 Å². The number of ether oxygens (including phenoxy) is 1. The molecule has 0 N–H and O–H groups in total. The zero-order valence-corrected chi connectivity index (χ0v) is 11.1. The van der Waals surface area contributed by atoms with E-state index in [1.165, 1.54) is 12.1 Å². The minimum atomic E-state index is -0.674. The summed E-state index contributed by atoms with van der Waals surface area (Å²) in [7, 11) is 0. The number of nitriles is 1. The Kier molecular flexibility index (Phi) is 5.82. The van der Waals surface area contributed by atoms with E-state index in [0.29, 0.717) is 5.56 Å². The lowest BCUT2D eigenvalue weighted by atomic mass is 10.1. The first-order chi connectivity index (χ1) is 9.08. The van der Waals surface area contributed by atoms with Gasteiger partial charge in [-0.3, -0.25) is 14.9 Å². The van der Waals surface area contributed by atoms with Crippen molar-refractivity contribution in [3.8, 4) is 5.40 Å². The molecule has 100 valence electrons. The second-order valence-corrected chi connectivity index (χ2v) is 4.57. The fourth-order valence-electron chi connectivity index (χ4n) is 1.48. The van der Waals surface area contributed by atoms with Crippen molar-refractivity contribution in [3.63, 3.8) is 0 Å². The molecule has 0 aliphatic rings. The van der Waals surface area contributed by atoms with E-state index in [1.807, 2.05) is 5.40 Å². The van der Waals surface area contributed by atoms with E-state index in [2.05, 4.69) is 0 Å².